The van der Waals surface area contributed by atoms with Gasteiger partial charge in [-0.25, -0.2) is 13.6 Å². The topological polar surface area (TPSA) is 87.7 Å². The van der Waals surface area contributed by atoms with Crippen molar-refractivity contribution < 1.29 is 27.9 Å². The second kappa shape index (κ2) is 8.12. The predicted octanol–water partition coefficient (Wildman–Crippen LogP) is 2.06. The third-order valence-corrected chi connectivity index (χ3v) is 4.79. The Hall–Kier alpha value is -2.71. The lowest BCUT2D eigenvalue weighted by atomic mass is 9.89. The summed E-state index contributed by atoms with van der Waals surface area (Å²) in [5.74, 6) is -3.51. The van der Waals surface area contributed by atoms with Crippen LogP contribution < -0.4 is 15.5 Å². The highest BCUT2D eigenvalue weighted by Crippen LogP contribution is 2.33. The summed E-state index contributed by atoms with van der Waals surface area (Å²) in [4.78, 5) is 36.5. The number of ether oxygens (including phenoxy) is 1. The van der Waals surface area contributed by atoms with E-state index in [0.717, 1.165) is 12.1 Å². The zero-order valence-electron chi connectivity index (χ0n) is 15.8. The summed E-state index contributed by atoms with van der Waals surface area (Å²) < 4.78 is 34.3. The lowest BCUT2D eigenvalue weighted by Gasteiger charge is -2.40. The van der Waals surface area contributed by atoms with Gasteiger partial charge in [-0.05, 0) is 24.5 Å². The molecule has 0 saturated carbocycles. The number of carbonyl (C=O) groups excluding carboxylic acids is 3. The van der Waals surface area contributed by atoms with E-state index < -0.39 is 35.5 Å². The van der Waals surface area contributed by atoms with Crippen molar-refractivity contribution >= 4 is 23.6 Å². The zero-order valence-corrected chi connectivity index (χ0v) is 15.8. The van der Waals surface area contributed by atoms with Crippen LogP contribution in [0.3, 0.4) is 0 Å². The first-order chi connectivity index (χ1) is 13.2. The molecule has 0 unspecified atom stereocenters. The van der Waals surface area contributed by atoms with Crippen LogP contribution in [0.5, 0.6) is 0 Å². The number of hydrogen-bond donors (Lipinski definition) is 2. The molecule has 3 rings (SSSR count). The Morgan fingerprint density at radius 2 is 1.93 bits per heavy atom. The summed E-state index contributed by atoms with van der Waals surface area (Å²) >= 11 is 0. The highest BCUT2D eigenvalue weighted by Gasteiger charge is 2.35. The van der Waals surface area contributed by atoms with Gasteiger partial charge in [-0.1, -0.05) is 13.8 Å². The molecule has 152 valence electrons. The number of anilines is 1. The average molecular weight is 395 g/mol. The van der Waals surface area contributed by atoms with E-state index in [0.29, 0.717) is 31.2 Å². The summed E-state index contributed by atoms with van der Waals surface area (Å²) in [6.45, 7) is 5.09. The Bertz CT molecular complexity index is 770. The molecular formula is C19H23F2N3O4. The number of nitrogens with one attached hydrogen (secondary N) is 2. The quantitative estimate of drug-likeness (QED) is 0.745. The Balaban J connectivity index is 1.61. The van der Waals surface area contributed by atoms with Crippen molar-refractivity contribution in [2.75, 3.05) is 24.5 Å². The minimum absolute atomic E-state index is 0.0427. The highest BCUT2D eigenvalue weighted by atomic mass is 19.1. The molecule has 1 atom stereocenters. The minimum atomic E-state index is -1.02. The molecular weight excluding hydrogens is 372 g/mol. The molecule has 2 aliphatic rings. The van der Waals surface area contributed by atoms with Crippen LogP contribution in [0, 0.1) is 17.6 Å². The lowest BCUT2D eigenvalue weighted by Crippen LogP contribution is -2.54. The number of amides is 3. The van der Waals surface area contributed by atoms with E-state index >= 15 is 0 Å². The smallest absolute Gasteiger partial charge is 0.407 e. The summed E-state index contributed by atoms with van der Waals surface area (Å²) in [6, 6.07) is 2.33. The molecule has 0 aliphatic carbocycles. The number of halogens is 2. The van der Waals surface area contributed by atoms with Gasteiger partial charge in [0.1, 0.15) is 17.7 Å². The van der Waals surface area contributed by atoms with Crippen molar-refractivity contribution in [1.29, 1.82) is 0 Å². The number of imide groups is 1. The van der Waals surface area contributed by atoms with Crippen LogP contribution in [-0.2, 0) is 14.3 Å². The van der Waals surface area contributed by atoms with Crippen LogP contribution in [0.2, 0.25) is 0 Å². The van der Waals surface area contributed by atoms with E-state index in [2.05, 4.69) is 10.6 Å². The molecule has 3 amide bonds. The van der Waals surface area contributed by atoms with Crippen molar-refractivity contribution in [3.63, 3.8) is 0 Å². The first-order valence-corrected chi connectivity index (χ1v) is 9.26. The van der Waals surface area contributed by atoms with Gasteiger partial charge in [0.25, 0.3) is 0 Å². The number of carbonyl (C=O) groups is 3. The molecule has 2 fully saturated rings. The largest absolute Gasteiger partial charge is 0.442 e. The van der Waals surface area contributed by atoms with Gasteiger partial charge in [-0.15, -0.1) is 0 Å². The van der Waals surface area contributed by atoms with Gasteiger partial charge in [0, 0.05) is 24.2 Å². The second-order valence-electron chi connectivity index (χ2n) is 7.53. The fourth-order valence-corrected chi connectivity index (χ4v) is 3.26. The predicted molar refractivity (Wildman–Crippen MR) is 96.8 cm³/mol. The Morgan fingerprint density at radius 3 is 2.50 bits per heavy atom. The van der Waals surface area contributed by atoms with E-state index in [4.69, 9.17) is 4.74 Å². The summed E-state index contributed by atoms with van der Waals surface area (Å²) in [5, 5.41) is 4.75. The normalized spacial score (nSPS) is 20.0. The Morgan fingerprint density at radius 1 is 1.29 bits per heavy atom. The van der Waals surface area contributed by atoms with E-state index in [9.17, 15) is 23.2 Å². The maximum atomic E-state index is 14.5. The Labute approximate surface area is 161 Å². The molecule has 0 spiro atoms. The van der Waals surface area contributed by atoms with Gasteiger partial charge in [0.15, 0.2) is 0 Å². The molecule has 0 bridgehead atoms. The minimum Gasteiger partial charge on any atom is -0.442 e. The molecule has 1 aromatic rings. The van der Waals surface area contributed by atoms with E-state index in [-0.39, 0.29) is 24.5 Å². The van der Waals surface area contributed by atoms with E-state index in [1.807, 2.05) is 13.8 Å². The summed E-state index contributed by atoms with van der Waals surface area (Å²) in [7, 11) is 0. The summed E-state index contributed by atoms with van der Waals surface area (Å²) in [5.41, 5.74) is -0.0105. The van der Waals surface area contributed by atoms with E-state index in [1.54, 1.807) is 4.90 Å². The molecule has 7 nitrogen and oxygen atoms in total. The Kier molecular flexibility index (Phi) is 5.81. The standard InChI is InChI=1S/C19H23F2N3O4/c1-10(2)7-22-19(27)28-12-8-24(9-12)11-5-14(20)17(15(21)6-11)13-3-4-16(25)23-18(13)26/h5-6,10,12-13H,3-4,7-9H2,1-2H3,(H,22,27)(H,23,25,26)/t13-/m0/s1. The zero-order chi connectivity index (χ0) is 20.4. The molecule has 9 heteroatoms. The van der Waals surface area contributed by atoms with Crippen LogP contribution in [-0.4, -0.2) is 43.6 Å². The average Bonchev–Trinajstić information content (AvgIpc) is 2.57. The molecule has 2 heterocycles. The third kappa shape index (κ3) is 4.40. The number of hydrogen-bond acceptors (Lipinski definition) is 5. The number of rotatable bonds is 5. The van der Waals surface area contributed by atoms with E-state index in [1.165, 1.54) is 0 Å². The molecule has 2 N–H and O–H groups in total. The number of nitrogens with zero attached hydrogens (tertiary/aromatic N) is 1. The van der Waals surface area contributed by atoms with Crippen LogP contribution >= 0.6 is 0 Å². The third-order valence-electron chi connectivity index (χ3n) is 4.79. The summed E-state index contributed by atoms with van der Waals surface area (Å²) in [6.07, 6.45) is -0.749. The van der Waals surface area contributed by atoms with Crippen molar-refractivity contribution in [3.05, 3.63) is 29.3 Å². The van der Waals surface area contributed by atoms with Crippen LogP contribution in [0.25, 0.3) is 0 Å². The highest BCUT2D eigenvalue weighted by molar-refractivity contribution is 6.01. The first-order valence-electron chi connectivity index (χ1n) is 9.26. The van der Waals surface area contributed by atoms with Gasteiger partial charge in [0.05, 0.1) is 19.0 Å². The van der Waals surface area contributed by atoms with Crippen molar-refractivity contribution in [2.24, 2.45) is 5.92 Å². The first kappa shape index (κ1) is 20.0. The monoisotopic (exact) mass is 395 g/mol. The lowest BCUT2D eigenvalue weighted by molar-refractivity contribution is -0.134. The van der Waals surface area contributed by atoms with Gasteiger partial charge in [0.2, 0.25) is 11.8 Å². The SMILES string of the molecule is CC(C)CNC(=O)OC1CN(c2cc(F)c([C@@H]3CCC(=O)NC3=O)c(F)c2)C1. The van der Waals surface area contributed by atoms with Crippen LogP contribution in [0.15, 0.2) is 12.1 Å². The van der Waals surface area contributed by atoms with Gasteiger partial charge in [-0.2, -0.15) is 0 Å². The van der Waals surface area contributed by atoms with Crippen LogP contribution in [0.1, 0.15) is 38.2 Å². The van der Waals surface area contributed by atoms with Gasteiger partial charge >= 0.3 is 6.09 Å². The maximum Gasteiger partial charge on any atom is 0.407 e. The molecule has 0 radical (unpaired) electrons. The number of benzene rings is 1. The van der Waals surface area contributed by atoms with Crippen LogP contribution in [0.4, 0.5) is 19.3 Å². The van der Waals surface area contributed by atoms with Crippen molar-refractivity contribution in [3.8, 4) is 0 Å². The molecule has 28 heavy (non-hydrogen) atoms. The fraction of sp³-hybridized carbons (Fsp3) is 0.526. The number of alkyl carbamates (subject to hydrolysis) is 1. The van der Waals surface area contributed by atoms with Crippen molar-refractivity contribution in [1.82, 2.24) is 10.6 Å². The molecule has 2 saturated heterocycles. The number of piperidine rings is 1. The van der Waals surface area contributed by atoms with Gasteiger partial charge < -0.3 is 15.0 Å². The van der Waals surface area contributed by atoms with Gasteiger partial charge in [-0.3, -0.25) is 14.9 Å². The molecule has 2 aliphatic heterocycles. The maximum absolute atomic E-state index is 14.5. The molecule has 0 aromatic heterocycles. The fourth-order valence-electron chi connectivity index (χ4n) is 3.26. The second-order valence-corrected chi connectivity index (χ2v) is 7.53. The molecule has 1 aromatic carbocycles. The van der Waals surface area contributed by atoms with Crippen molar-refractivity contribution in [2.45, 2.75) is 38.7 Å².